The molecule has 0 amide bonds. The van der Waals surface area contributed by atoms with E-state index >= 15 is 0 Å². The minimum absolute atomic E-state index is 0.0771. The van der Waals surface area contributed by atoms with Crippen molar-refractivity contribution >= 4 is 22.3 Å². The second kappa shape index (κ2) is 13.4. The zero-order valence-electron chi connectivity index (χ0n) is 21.7. The minimum atomic E-state index is 0.0771. The third kappa shape index (κ3) is 7.23. The van der Waals surface area contributed by atoms with Gasteiger partial charge in [0.15, 0.2) is 11.0 Å². The summed E-state index contributed by atoms with van der Waals surface area (Å²) in [7, 11) is 2.07. The third-order valence-corrected chi connectivity index (χ3v) is 7.25. The molecule has 0 radical (unpaired) electrons. The molecule has 198 valence electrons. The number of unbranched alkanes of at least 4 members (excludes halogenated alkanes) is 1. The molecule has 0 atom stereocenters. The first kappa shape index (κ1) is 26.9. The summed E-state index contributed by atoms with van der Waals surface area (Å²) in [6.45, 7) is 4.14. The van der Waals surface area contributed by atoms with Gasteiger partial charge >= 0.3 is 0 Å². The number of hydrogen-bond donors (Lipinski definition) is 2. The van der Waals surface area contributed by atoms with Crippen molar-refractivity contribution in [1.29, 1.82) is 0 Å². The second-order valence-electron chi connectivity index (χ2n) is 8.78. The predicted molar refractivity (Wildman–Crippen MR) is 152 cm³/mol. The number of aromatic nitrogens is 2. The fourth-order valence-electron chi connectivity index (χ4n) is 3.87. The van der Waals surface area contributed by atoms with Crippen LogP contribution >= 0.6 is 11.3 Å². The molecule has 2 aromatic carbocycles. The normalized spacial score (nSPS) is 11.4. The van der Waals surface area contributed by atoms with E-state index in [0.717, 1.165) is 59.3 Å². The number of aryl methyl sites for hydroxylation is 1. The standard InChI is InChI=1S/C29H33N5O3S/c1-3-26-27(32-29(38-26)34(2)20-21-7-6-16-31-19-21)22-8-12-24(13-9-22)36-17-4-5-18-37-25-14-10-23(11-15-25)28(30)33-35/h6-16,19,35H,3-5,17-18,20H2,1-2H3,(H2,30,33). The van der Waals surface area contributed by atoms with Crippen LogP contribution in [0.4, 0.5) is 5.13 Å². The molecule has 2 aromatic heterocycles. The summed E-state index contributed by atoms with van der Waals surface area (Å²) in [5.74, 6) is 1.67. The first-order valence-electron chi connectivity index (χ1n) is 12.6. The molecule has 3 N–H and O–H groups in total. The zero-order valence-corrected chi connectivity index (χ0v) is 22.5. The van der Waals surface area contributed by atoms with Crippen molar-refractivity contribution in [2.75, 3.05) is 25.2 Å². The quantitative estimate of drug-likeness (QED) is 0.0745. The number of amidine groups is 1. The van der Waals surface area contributed by atoms with Crippen molar-refractivity contribution < 1.29 is 14.7 Å². The van der Waals surface area contributed by atoms with E-state index in [4.69, 9.17) is 25.4 Å². The van der Waals surface area contributed by atoms with Gasteiger partial charge in [0.1, 0.15) is 11.5 Å². The Labute approximate surface area is 227 Å². The van der Waals surface area contributed by atoms with Crippen molar-refractivity contribution in [2.45, 2.75) is 32.7 Å². The number of oxime groups is 1. The summed E-state index contributed by atoms with van der Waals surface area (Å²) < 4.78 is 11.7. The van der Waals surface area contributed by atoms with Crippen LogP contribution in [0.2, 0.25) is 0 Å². The van der Waals surface area contributed by atoms with Crippen LogP contribution in [0, 0.1) is 0 Å². The number of anilines is 1. The number of thiazole rings is 1. The van der Waals surface area contributed by atoms with E-state index in [9.17, 15) is 0 Å². The van der Waals surface area contributed by atoms with Gasteiger partial charge in [-0.2, -0.15) is 0 Å². The highest BCUT2D eigenvalue weighted by atomic mass is 32.1. The van der Waals surface area contributed by atoms with Crippen LogP contribution in [-0.2, 0) is 13.0 Å². The number of nitrogens with zero attached hydrogens (tertiary/aromatic N) is 4. The smallest absolute Gasteiger partial charge is 0.186 e. The predicted octanol–water partition coefficient (Wildman–Crippen LogP) is 5.74. The molecular weight excluding hydrogens is 498 g/mol. The number of ether oxygens (including phenoxy) is 2. The number of rotatable bonds is 13. The summed E-state index contributed by atoms with van der Waals surface area (Å²) in [6, 6.07) is 19.3. The average molecular weight is 532 g/mol. The van der Waals surface area contributed by atoms with Gasteiger partial charge in [0, 0.05) is 42.0 Å². The van der Waals surface area contributed by atoms with Gasteiger partial charge in [0.05, 0.1) is 18.9 Å². The lowest BCUT2D eigenvalue weighted by Gasteiger charge is -2.15. The van der Waals surface area contributed by atoms with Crippen molar-refractivity contribution in [2.24, 2.45) is 10.9 Å². The van der Waals surface area contributed by atoms with Gasteiger partial charge in [-0.1, -0.05) is 18.1 Å². The molecule has 0 aliphatic heterocycles. The van der Waals surface area contributed by atoms with Crippen LogP contribution in [0.5, 0.6) is 11.5 Å². The maximum Gasteiger partial charge on any atom is 0.186 e. The van der Waals surface area contributed by atoms with Crippen molar-refractivity contribution in [1.82, 2.24) is 9.97 Å². The molecule has 4 aromatic rings. The summed E-state index contributed by atoms with van der Waals surface area (Å²) >= 11 is 1.74. The third-order valence-electron chi connectivity index (χ3n) is 5.94. The Morgan fingerprint density at radius 3 is 2.24 bits per heavy atom. The summed E-state index contributed by atoms with van der Waals surface area (Å²) in [5, 5.41) is 12.7. The van der Waals surface area contributed by atoms with Gasteiger partial charge in [0.25, 0.3) is 0 Å². The van der Waals surface area contributed by atoms with E-state index in [-0.39, 0.29) is 5.84 Å². The van der Waals surface area contributed by atoms with E-state index in [1.54, 1.807) is 41.8 Å². The Hall–Kier alpha value is -4.11. The van der Waals surface area contributed by atoms with Gasteiger partial charge in [-0.05, 0) is 79.4 Å². The summed E-state index contributed by atoms with van der Waals surface area (Å²) in [4.78, 5) is 12.6. The van der Waals surface area contributed by atoms with Gasteiger partial charge in [-0.3, -0.25) is 4.98 Å². The molecule has 0 bridgehead atoms. The number of benzene rings is 2. The van der Waals surface area contributed by atoms with E-state index in [0.29, 0.717) is 18.8 Å². The molecule has 0 fully saturated rings. The van der Waals surface area contributed by atoms with Crippen LogP contribution in [0.3, 0.4) is 0 Å². The van der Waals surface area contributed by atoms with Crippen LogP contribution in [0.25, 0.3) is 11.3 Å². The maximum absolute atomic E-state index is 8.73. The highest BCUT2D eigenvalue weighted by Gasteiger charge is 2.15. The SMILES string of the molecule is CCc1sc(N(C)Cc2cccnc2)nc1-c1ccc(OCCCCOc2ccc(/C(N)=N/O)cc2)cc1. The number of hydrogen-bond acceptors (Lipinski definition) is 8. The Kier molecular flexibility index (Phi) is 9.53. The van der Waals surface area contributed by atoms with Gasteiger partial charge in [-0.15, -0.1) is 11.3 Å². The molecule has 0 saturated carbocycles. The van der Waals surface area contributed by atoms with Gasteiger partial charge < -0.3 is 25.3 Å². The van der Waals surface area contributed by atoms with Crippen LogP contribution in [-0.4, -0.2) is 41.3 Å². The maximum atomic E-state index is 8.73. The highest BCUT2D eigenvalue weighted by molar-refractivity contribution is 7.16. The number of nitrogens with two attached hydrogens (primary N) is 1. The van der Waals surface area contributed by atoms with Crippen molar-refractivity contribution in [3.8, 4) is 22.8 Å². The Bertz CT molecular complexity index is 1310. The molecular formula is C29H33N5O3S. The topological polar surface area (TPSA) is 106 Å². The van der Waals surface area contributed by atoms with E-state index in [1.165, 1.54) is 4.88 Å². The van der Waals surface area contributed by atoms with Crippen molar-refractivity contribution in [3.05, 3.63) is 89.1 Å². The summed E-state index contributed by atoms with van der Waals surface area (Å²) in [6.07, 6.45) is 6.36. The molecule has 0 saturated heterocycles. The molecule has 0 spiro atoms. The lowest BCUT2D eigenvalue weighted by Crippen LogP contribution is -2.16. The van der Waals surface area contributed by atoms with Crippen LogP contribution < -0.4 is 20.1 Å². The fraction of sp³-hybridized carbons (Fsp3) is 0.276. The number of pyridine rings is 1. The molecule has 0 aliphatic rings. The molecule has 0 aliphatic carbocycles. The highest BCUT2D eigenvalue weighted by Crippen LogP contribution is 2.34. The Balaban J connectivity index is 1.24. The van der Waals surface area contributed by atoms with Crippen LogP contribution in [0.15, 0.2) is 78.2 Å². The first-order valence-corrected chi connectivity index (χ1v) is 13.4. The molecule has 9 heteroatoms. The first-order chi connectivity index (χ1) is 18.6. The monoisotopic (exact) mass is 531 g/mol. The Morgan fingerprint density at radius 1 is 1.00 bits per heavy atom. The molecule has 4 rings (SSSR count). The minimum Gasteiger partial charge on any atom is -0.494 e. The van der Waals surface area contributed by atoms with E-state index in [2.05, 4.69) is 47.2 Å². The largest absolute Gasteiger partial charge is 0.494 e. The van der Waals surface area contributed by atoms with Crippen LogP contribution in [0.1, 0.15) is 35.8 Å². The van der Waals surface area contributed by atoms with Gasteiger partial charge in [0.2, 0.25) is 0 Å². The zero-order chi connectivity index (χ0) is 26.7. The second-order valence-corrected chi connectivity index (χ2v) is 9.84. The summed E-state index contributed by atoms with van der Waals surface area (Å²) in [5.41, 5.74) is 9.51. The lowest BCUT2D eigenvalue weighted by atomic mass is 10.1. The molecule has 38 heavy (non-hydrogen) atoms. The fourth-order valence-corrected chi connectivity index (χ4v) is 4.86. The Morgan fingerprint density at radius 2 is 1.66 bits per heavy atom. The molecule has 2 heterocycles. The van der Waals surface area contributed by atoms with E-state index < -0.39 is 0 Å². The molecule has 8 nitrogen and oxygen atoms in total. The lowest BCUT2D eigenvalue weighted by molar-refractivity contribution is 0.266. The van der Waals surface area contributed by atoms with Gasteiger partial charge in [-0.25, -0.2) is 4.98 Å². The van der Waals surface area contributed by atoms with E-state index in [1.807, 2.05) is 24.4 Å². The average Bonchev–Trinajstić information content (AvgIpc) is 3.40. The van der Waals surface area contributed by atoms with Crippen molar-refractivity contribution in [3.63, 3.8) is 0 Å². The molecule has 0 unspecified atom stereocenters.